The fraction of sp³-hybridized carbons (Fsp3) is 0.333. The molecule has 2 nitrogen and oxygen atoms in total. The highest BCUT2D eigenvalue weighted by Gasteiger charge is 2.28. The Kier molecular flexibility index (Phi) is 6.81. The van der Waals surface area contributed by atoms with Crippen LogP contribution in [0.25, 0.3) is 16.7 Å². The summed E-state index contributed by atoms with van der Waals surface area (Å²) in [4.78, 5) is 0. The molecule has 1 heterocycles. The lowest BCUT2D eigenvalue weighted by atomic mass is 9.83. The number of aliphatic hydroxyl groups is 1. The fourth-order valence-electron chi connectivity index (χ4n) is 4.91. The summed E-state index contributed by atoms with van der Waals surface area (Å²) >= 11 is 0. The molecular formula is C30H29F3O2. The fourth-order valence-corrected chi connectivity index (χ4v) is 4.91. The lowest BCUT2D eigenvalue weighted by Crippen LogP contribution is -2.18. The summed E-state index contributed by atoms with van der Waals surface area (Å²) in [6, 6.07) is 16.3. The van der Waals surface area contributed by atoms with Gasteiger partial charge in [0.05, 0.1) is 12.7 Å². The molecule has 1 fully saturated rings. The van der Waals surface area contributed by atoms with Crippen molar-refractivity contribution in [2.45, 2.75) is 51.2 Å². The average molecular weight is 479 g/mol. The van der Waals surface area contributed by atoms with Gasteiger partial charge in [-0.05, 0) is 78.8 Å². The number of allylic oxidation sites excluding steroid dienone is 2. The van der Waals surface area contributed by atoms with Gasteiger partial charge in [0, 0.05) is 11.1 Å². The molecule has 5 rings (SSSR count). The third-order valence-corrected chi connectivity index (χ3v) is 7.29. The van der Waals surface area contributed by atoms with E-state index in [1.165, 1.54) is 6.07 Å². The van der Waals surface area contributed by atoms with Crippen molar-refractivity contribution in [1.29, 1.82) is 0 Å². The summed E-state index contributed by atoms with van der Waals surface area (Å²) in [7, 11) is 0. The van der Waals surface area contributed by atoms with E-state index in [0.29, 0.717) is 49.0 Å². The van der Waals surface area contributed by atoms with Gasteiger partial charge in [-0.1, -0.05) is 54.6 Å². The molecule has 1 saturated heterocycles. The zero-order chi connectivity index (χ0) is 24.5. The molecule has 3 aromatic carbocycles. The Labute approximate surface area is 204 Å². The molecular weight excluding hydrogens is 449 g/mol. The molecule has 5 heteroatoms. The number of benzene rings is 3. The molecule has 3 unspecified atom stereocenters. The predicted octanol–water partition coefficient (Wildman–Crippen LogP) is 7.19. The van der Waals surface area contributed by atoms with Crippen LogP contribution in [0.5, 0.6) is 0 Å². The van der Waals surface area contributed by atoms with Crippen LogP contribution in [0.3, 0.4) is 0 Å². The Morgan fingerprint density at radius 1 is 0.943 bits per heavy atom. The lowest BCUT2D eigenvalue weighted by molar-refractivity contribution is 0.120. The minimum atomic E-state index is -0.790. The van der Waals surface area contributed by atoms with Crippen molar-refractivity contribution in [2.24, 2.45) is 5.92 Å². The van der Waals surface area contributed by atoms with Crippen molar-refractivity contribution in [3.63, 3.8) is 0 Å². The highest BCUT2D eigenvalue weighted by molar-refractivity contribution is 5.67. The first-order valence-electron chi connectivity index (χ1n) is 12.3. The van der Waals surface area contributed by atoms with Crippen LogP contribution < -0.4 is 0 Å². The van der Waals surface area contributed by atoms with E-state index >= 15 is 0 Å². The van der Waals surface area contributed by atoms with Gasteiger partial charge in [-0.25, -0.2) is 13.2 Å². The normalized spacial score (nSPS) is 20.4. The van der Waals surface area contributed by atoms with E-state index < -0.39 is 17.7 Å². The lowest BCUT2D eigenvalue weighted by Gasteiger charge is -2.24. The zero-order valence-corrected chi connectivity index (χ0v) is 19.7. The standard InChI is InChI=1S/C30H29F3O2/c1-18(34)20-8-10-22(11-9-20)25-14-12-23(29(32)30(25)33)7-4-19-2-5-21(6-3-19)24-13-15-26(27(31)16-24)28-17-35-28/h2-3,5-6,10,12-16,18,20,28,34H,4,7-9,11,17H2,1H3. The smallest absolute Gasteiger partial charge is 0.166 e. The van der Waals surface area contributed by atoms with Crippen LogP contribution in [0.15, 0.2) is 60.7 Å². The second-order valence-corrected chi connectivity index (χ2v) is 9.66. The third-order valence-electron chi connectivity index (χ3n) is 7.29. The summed E-state index contributed by atoms with van der Waals surface area (Å²) in [5.74, 6) is -1.66. The Morgan fingerprint density at radius 3 is 2.31 bits per heavy atom. The molecule has 1 aliphatic carbocycles. The Balaban J connectivity index is 1.24. The maximum atomic E-state index is 14.9. The predicted molar refractivity (Wildman–Crippen MR) is 131 cm³/mol. The summed E-state index contributed by atoms with van der Waals surface area (Å²) in [6.45, 7) is 2.34. The highest BCUT2D eigenvalue weighted by Crippen LogP contribution is 2.35. The molecule has 182 valence electrons. The van der Waals surface area contributed by atoms with Crippen molar-refractivity contribution >= 4 is 5.57 Å². The molecule has 3 aromatic rings. The molecule has 0 bridgehead atoms. The van der Waals surface area contributed by atoms with E-state index in [0.717, 1.165) is 28.7 Å². The monoisotopic (exact) mass is 478 g/mol. The maximum absolute atomic E-state index is 14.9. The van der Waals surface area contributed by atoms with Crippen LogP contribution >= 0.6 is 0 Å². The van der Waals surface area contributed by atoms with E-state index in [9.17, 15) is 18.3 Å². The highest BCUT2D eigenvalue weighted by atomic mass is 19.2. The third kappa shape index (κ3) is 5.21. The van der Waals surface area contributed by atoms with Crippen molar-refractivity contribution in [1.82, 2.24) is 0 Å². The minimum absolute atomic E-state index is 0.118. The Bertz CT molecular complexity index is 1240. The second kappa shape index (κ2) is 10.00. The first-order valence-corrected chi connectivity index (χ1v) is 12.3. The molecule has 0 saturated carbocycles. The van der Waals surface area contributed by atoms with Gasteiger partial charge in [0.2, 0.25) is 0 Å². The van der Waals surface area contributed by atoms with Crippen molar-refractivity contribution in [3.05, 3.63) is 100 Å². The number of rotatable bonds is 7. The summed E-state index contributed by atoms with van der Waals surface area (Å²) in [6.07, 6.45) is 4.46. The summed E-state index contributed by atoms with van der Waals surface area (Å²) in [5, 5.41) is 9.75. The Morgan fingerprint density at radius 2 is 1.69 bits per heavy atom. The summed E-state index contributed by atoms with van der Waals surface area (Å²) in [5.41, 5.74) is 4.78. The van der Waals surface area contributed by atoms with Crippen LogP contribution in [0.4, 0.5) is 13.2 Å². The largest absolute Gasteiger partial charge is 0.393 e. The van der Waals surface area contributed by atoms with Crippen LogP contribution in [0, 0.1) is 23.4 Å². The van der Waals surface area contributed by atoms with Crippen LogP contribution in [0.1, 0.15) is 54.5 Å². The van der Waals surface area contributed by atoms with Gasteiger partial charge in [0.1, 0.15) is 11.9 Å². The van der Waals surface area contributed by atoms with Gasteiger partial charge in [0.15, 0.2) is 11.6 Å². The van der Waals surface area contributed by atoms with Gasteiger partial charge in [0.25, 0.3) is 0 Å². The molecule has 1 N–H and O–H groups in total. The number of hydrogen-bond donors (Lipinski definition) is 1. The van der Waals surface area contributed by atoms with Gasteiger partial charge in [-0.15, -0.1) is 0 Å². The van der Waals surface area contributed by atoms with E-state index in [4.69, 9.17) is 4.74 Å². The average Bonchev–Trinajstić information content (AvgIpc) is 3.71. The maximum Gasteiger partial charge on any atom is 0.166 e. The van der Waals surface area contributed by atoms with E-state index in [2.05, 4.69) is 0 Å². The topological polar surface area (TPSA) is 32.8 Å². The molecule has 1 aliphatic heterocycles. The van der Waals surface area contributed by atoms with E-state index in [1.54, 1.807) is 25.1 Å². The van der Waals surface area contributed by atoms with Crippen molar-refractivity contribution in [2.75, 3.05) is 6.61 Å². The number of aryl methyl sites for hydroxylation is 2. The molecule has 0 aromatic heterocycles. The number of aliphatic hydroxyl groups excluding tert-OH is 1. The first-order chi connectivity index (χ1) is 16.9. The molecule has 35 heavy (non-hydrogen) atoms. The van der Waals surface area contributed by atoms with Crippen LogP contribution in [0.2, 0.25) is 0 Å². The first kappa shape index (κ1) is 23.8. The van der Waals surface area contributed by atoms with E-state index in [-0.39, 0.29) is 17.8 Å². The number of hydrogen-bond acceptors (Lipinski definition) is 2. The van der Waals surface area contributed by atoms with E-state index in [1.807, 2.05) is 36.4 Å². The number of ether oxygens (including phenoxy) is 1. The molecule has 0 spiro atoms. The van der Waals surface area contributed by atoms with Gasteiger partial charge >= 0.3 is 0 Å². The zero-order valence-electron chi connectivity index (χ0n) is 19.7. The molecule has 3 atom stereocenters. The molecule has 0 radical (unpaired) electrons. The Hall–Kier alpha value is -2.89. The SMILES string of the molecule is CC(O)C1CC=C(c2ccc(CCc3ccc(-c4ccc(C5CO5)c(F)c4)cc3)c(F)c2F)CC1. The van der Waals surface area contributed by atoms with Gasteiger partial charge < -0.3 is 9.84 Å². The quantitative estimate of drug-likeness (QED) is 0.365. The van der Waals surface area contributed by atoms with Crippen molar-refractivity contribution in [3.8, 4) is 11.1 Å². The number of halogens is 3. The van der Waals surface area contributed by atoms with Crippen LogP contribution in [-0.2, 0) is 17.6 Å². The number of epoxide rings is 1. The van der Waals surface area contributed by atoms with Crippen LogP contribution in [-0.4, -0.2) is 17.8 Å². The summed E-state index contributed by atoms with van der Waals surface area (Å²) < 4.78 is 49.2. The second-order valence-electron chi connectivity index (χ2n) is 9.66. The molecule has 2 aliphatic rings. The van der Waals surface area contributed by atoms with Gasteiger partial charge in [-0.3, -0.25) is 0 Å². The van der Waals surface area contributed by atoms with Gasteiger partial charge in [-0.2, -0.15) is 0 Å². The minimum Gasteiger partial charge on any atom is -0.393 e. The molecule has 0 amide bonds. The van der Waals surface area contributed by atoms with Crippen molar-refractivity contribution < 1.29 is 23.0 Å².